The highest BCUT2D eigenvalue weighted by Gasteiger charge is 2.21. The molecule has 0 radical (unpaired) electrons. The lowest BCUT2D eigenvalue weighted by Gasteiger charge is -2.26. The molecule has 0 aliphatic carbocycles. The van der Waals surface area contributed by atoms with Crippen LogP contribution in [0.4, 0.5) is 5.95 Å². The van der Waals surface area contributed by atoms with E-state index >= 15 is 0 Å². The fourth-order valence-electron chi connectivity index (χ4n) is 2.83. The Morgan fingerprint density at radius 2 is 2.23 bits per heavy atom. The van der Waals surface area contributed by atoms with E-state index in [-0.39, 0.29) is 11.6 Å². The van der Waals surface area contributed by atoms with Gasteiger partial charge in [0.15, 0.2) is 5.69 Å². The first kappa shape index (κ1) is 15.5. The Bertz CT molecular complexity index is 528. The zero-order chi connectivity index (χ0) is 15.4. The van der Waals surface area contributed by atoms with Crippen molar-refractivity contribution in [3.05, 3.63) is 16.9 Å². The summed E-state index contributed by atoms with van der Waals surface area (Å²) >= 11 is 6.10. The summed E-state index contributed by atoms with van der Waals surface area (Å²) < 4.78 is 5.31. The zero-order valence-corrected chi connectivity index (χ0v) is 13.3. The maximum atomic E-state index is 12.3. The maximum Gasteiger partial charge on any atom is 0.271 e. The van der Waals surface area contributed by atoms with Gasteiger partial charge in [0.2, 0.25) is 5.95 Å². The molecule has 2 fully saturated rings. The maximum absolute atomic E-state index is 12.3. The van der Waals surface area contributed by atoms with Crippen LogP contribution in [0.25, 0.3) is 0 Å². The van der Waals surface area contributed by atoms with Gasteiger partial charge in [-0.15, -0.1) is 0 Å². The fourth-order valence-corrected chi connectivity index (χ4v) is 3.01. The van der Waals surface area contributed by atoms with E-state index in [0.717, 1.165) is 39.0 Å². The molecule has 1 atom stereocenters. The minimum absolute atomic E-state index is 0.238. The molecular weight excluding hydrogens is 304 g/mol. The van der Waals surface area contributed by atoms with Gasteiger partial charge in [-0.3, -0.25) is 4.79 Å². The Kier molecular flexibility index (Phi) is 5.10. The molecule has 0 aromatic carbocycles. The molecule has 7 heteroatoms. The molecule has 3 heterocycles. The van der Waals surface area contributed by atoms with Crippen LogP contribution in [0.15, 0.2) is 6.20 Å². The smallest absolute Gasteiger partial charge is 0.271 e. The molecule has 3 rings (SSSR count). The highest BCUT2D eigenvalue weighted by molar-refractivity contribution is 6.33. The summed E-state index contributed by atoms with van der Waals surface area (Å²) in [6.07, 6.45) is 6.01. The first-order chi connectivity index (χ1) is 10.7. The zero-order valence-electron chi connectivity index (χ0n) is 12.6. The highest BCUT2D eigenvalue weighted by Crippen LogP contribution is 2.20. The summed E-state index contributed by atoms with van der Waals surface area (Å²) in [5.74, 6) is 0.738. The monoisotopic (exact) mass is 324 g/mol. The van der Waals surface area contributed by atoms with Crippen LogP contribution in [-0.4, -0.2) is 48.7 Å². The van der Waals surface area contributed by atoms with Crippen LogP contribution in [0, 0.1) is 5.92 Å². The lowest BCUT2D eigenvalue weighted by molar-refractivity contribution is 0.0940. The van der Waals surface area contributed by atoms with E-state index in [2.05, 4.69) is 20.2 Å². The molecular formula is C15H21ClN4O2. The molecule has 2 aliphatic heterocycles. The van der Waals surface area contributed by atoms with Crippen LogP contribution in [0.5, 0.6) is 0 Å². The summed E-state index contributed by atoms with van der Waals surface area (Å²) in [4.78, 5) is 23.1. The Morgan fingerprint density at radius 3 is 2.95 bits per heavy atom. The minimum Gasteiger partial charge on any atom is -0.381 e. The van der Waals surface area contributed by atoms with Crippen molar-refractivity contribution in [2.45, 2.75) is 25.7 Å². The topological polar surface area (TPSA) is 67.3 Å². The van der Waals surface area contributed by atoms with Crippen LogP contribution < -0.4 is 10.2 Å². The summed E-state index contributed by atoms with van der Waals surface area (Å²) in [5.41, 5.74) is 0.260. The van der Waals surface area contributed by atoms with E-state index in [4.69, 9.17) is 16.3 Å². The number of nitrogens with one attached hydrogen (secondary N) is 1. The van der Waals surface area contributed by atoms with Crippen molar-refractivity contribution in [1.82, 2.24) is 15.3 Å². The number of ether oxygens (including phenoxy) is 1. The molecule has 0 saturated carbocycles. The quantitative estimate of drug-likeness (QED) is 0.916. The first-order valence-electron chi connectivity index (χ1n) is 7.87. The number of hydrogen-bond acceptors (Lipinski definition) is 5. The molecule has 2 aliphatic rings. The second-order valence-electron chi connectivity index (χ2n) is 5.85. The van der Waals surface area contributed by atoms with Crippen molar-refractivity contribution in [2.24, 2.45) is 5.92 Å². The second kappa shape index (κ2) is 7.24. The van der Waals surface area contributed by atoms with Gasteiger partial charge in [0.1, 0.15) is 0 Å². The van der Waals surface area contributed by atoms with Gasteiger partial charge in [-0.05, 0) is 25.7 Å². The molecule has 6 nitrogen and oxygen atoms in total. The molecule has 1 N–H and O–H groups in total. The van der Waals surface area contributed by atoms with E-state index in [1.54, 1.807) is 0 Å². The SMILES string of the molecule is O=C(NC[C@H]1CCOC1)c1nc(N2CCCCC2)ncc1Cl. The van der Waals surface area contributed by atoms with Gasteiger partial charge in [0, 0.05) is 32.2 Å². The van der Waals surface area contributed by atoms with Crippen molar-refractivity contribution in [3.8, 4) is 0 Å². The van der Waals surface area contributed by atoms with Crippen molar-refractivity contribution in [3.63, 3.8) is 0 Å². The third-order valence-electron chi connectivity index (χ3n) is 4.16. The van der Waals surface area contributed by atoms with Crippen molar-refractivity contribution in [2.75, 3.05) is 37.7 Å². The van der Waals surface area contributed by atoms with Crippen LogP contribution in [0.2, 0.25) is 5.02 Å². The van der Waals surface area contributed by atoms with Crippen LogP contribution in [-0.2, 0) is 4.74 Å². The number of aromatic nitrogens is 2. The Labute approximate surface area is 135 Å². The van der Waals surface area contributed by atoms with Gasteiger partial charge < -0.3 is 15.0 Å². The average Bonchev–Trinajstić information content (AvgIpc) is 3.07. The molecule has 0 spiro atoms. The van der Waals surface area contributed by atoms with Gasteiger partial charge in [-0.1, -0.05) is 11.6 Å². The number of carbonyl (C=O) groups excluding carboxylic acids is 1. The summed E-state index contributed by atoms with van der Waals surface area (Å²) in [6, 6.07) is 0. The third-order valence-corrected chi connectivity index (χ3v) is 4.44. The van der Waals surface area contributed by atoms with Crippen LogP contribution in [0.1, 0.15) is 36.2 Å². The summed E-state index contributed by atoms with van der Waals surface area (Å²) in [6.45, 7) is 3.94. The van der Waals surface area contributed by atoms with E-state index < -0.39 is 0 Å². The number of anilines is 1. The molecule has 1 amide bonds. The molecule has 2 saturated heterocycles. The van der Waals surface area contributed by atoms with Crippen molar-refractivity contribution >= 4 is 23.5 Å². The third kappa shape index (κ3) is 3.67. The van der Waals surface area contributed by atoms with E-state index in [9.17, 15) is 4.79 Å². The van der Waals surface area contributed by atoms with Crippen LogP contribution >= 0.6 is 11.6 Å². The van der Waals surface area contributed by atoms with E-state index in [1.165, 1.54) is 12.6 Å². The number of amides is 1. The lowest BCUT2D eigenvalue weighted by Crippen LogP contribution is -2.33. The normalized spacial score (nSPS) is 21.9. The predicted octanol–water partition coefficient (Wildman–Crippen LogP) is 1.89. The van der Waals surface area contributed by atoms with Crippen molar-refractivity contribution < 1.29 is 9.53 Å². The van der Waals surface area contributed by atoms with E-state index in [0.29, 0.717) is 30.0 Å². The van der Waals surface area contributed by atoms with Crippen molar-refractivity contribution in [1.29, 1.82) is 0 Å². The van der Waals surface area contributed by atoms with Crippen LogP contribution in [0.3, 0.4) is 0 Å². The predicted molar refractivity (Wildman–Crippen MR) is 84.4 cm³/mol. The largest absolute Gasteiger partial charge is 0.381 e. The Hall–Kier alpha value is -1.40. The van der Waals surface area contributed by atoms with Gasteiger partial charge in [-0.25, -0.2) is 9.97 Å². The molecule has 120 valence electrons. The average molecular weight is 325 g/mol. The lowest BCUT2D eigenvalue weighted by atomic mass is 10.1. The standard InChI is InChI=1S/C15H21ClN4O2/c16-12-9-18-15(20-5-2-1-3-6-20)19-13(12)14(21)17-8-11-4-7-22-10-11/h9,11H,1-8,10H2,(H,17,21)/t11-/m1/s1. The number of nitrogens with zero attached hydrogens (tertiary/aromatic N) is 3. The van der Waals surface area contributed by atoms with Gasteiger partial charge >= 0.3 is 0 Å². The van der Waals surface area contributed by atoms with Gasteiger partial charge in [-0.2, -0.15) is 0 Å². The fraction of sp³-hybridized carbons (Fsp3) is 0.667. The summed E-state index contributed by atoms with van der Waals surface area (Å²) in [5, 5.41) is 3.19. The van der Waals surface area contributed by atoms with Gasteiger partial charge in [0.25, 0.3) is 5.91 Å². The number of carbonyl (C=O) groups is 1. The number of hydrogen-bond donors (Lipinski definition) is 1. The summed E-state index contributed by atoms with van der Waals surface area (Å²) in [7, 11) is 0. The Morgan fingerprint density at radius 1 is 1.41 bits per heavy atom. The number of halogens is 1. The second-order valence-corrected chi connectivity index (χ2v) is 6.26. The van der Waals surface area contributed by atoms with E-state index in [1.807, 2.05) is 0 Å². The number of piperidine rings is 1. The van der Waals surface area contributed by atoms with Gasteiger partial charge in [0.05, 0.1) is 17.8 Å². The Balaban J connectivity index is 1.66. The molecule has 0 bridgehead atoms. The number of rotatable bonds is 4. The minimum atomic E-state index is -0.238. The first-order valence-corrected chi connectivity index (χ1v) is 8.25. The molecule has 1 aromatic heterocycles. The molecule has 0 unspecified atom stereocenters. The molecule has 22 heavy (non-hydrogen) atoms. The highest BCUT2D eigenvalue weighted by atomic mass is 35.5. The molecule has 1 aromatic rings.